The third-order valence-electron chi connectivity index (χ3n) is 3.20. The van der Waals surface area contributed by atoms with Crippen LogP contribution in [0.5, 0.6) is 0 Å². The van der Waals surface area contributed by atoms with Gasteiger partial charge in [0.05, 0.1) is 5.69 Å². The zero-order valence-electron chi connectivity index (χ0n) is 12.4. The molecule has 0 saturated heterocycles. The SMILES string of the molecule is O=C(C=Cc1ccccc1Cl)Nc1nc(-c2ccccc2Cl)cs1. The van der Waals surface area contributed by atoms with Gasteiger partial charge in [-0.25, -0.2) is 4.98 Å². The highest BCUT2D eigenvalue weighted by molar-refractivity contribution is 7.14. The summed E-state index contributed by atoms with van der Waals surface area (Å²) in [6, 6.07) is 14.8. The van der Waals surface area contributed by atoms with Crippen LogP contribution in [-0.4, -0.2) is 10.9 Å². The van der Waals surface area contributed by atoms with E-state index in [9.17, 15) is 4.79 Å². The molecule has 3 rings (SSSR count). The summed E-state index contributed by atoms with van der Waals surface area (Å²) in [4.78, 5) is 16.4. The van der Waals surface area contributed by atoms with Gasteiger partial charge in [-0.2, -0.15) is 0 Å². The molecule has 120 valence electrons. The van der Waals surface area contributed by atoms with Crippen LogP contribution in [0.4, 0.5) is 5.13 Å². The number of halogens is 2. The van der Waals surface area contributed by atoms with Crippen LogP contribution in [0, 0.1) is 0 Å². The number of amides is 1. The number of aromatic nitrogens is 1. The zero-order chi connectivity index (χ0) is 16.9. The normalized spacial score (nSPS) is 10.9. The van der Waals surface area contributed by atoms with Gasteiger partial charge in [0, 0.05) is 27.1 Å². The van der Waals surface area contributed by atoms with E-state index in [-0.39, 0.29) is 5.91 Å². The van der Waals surface area contributed by atoms with Crippen molar-refractivity contribution in [2.24, 2.45) is 0 Å². The van der Waals surface area contributed by atoms with Crippen LogP contribution in [0.3, 0.4) is 0 Å². The Hall–Kier alpha value is -2.14. The zero-order valence-corrected chi connectivity index (χ0v) is 14.7. The second kappa shape index (κ2) is 7.62. The van der Waals surface area contributed by atoms with Crippen LogP contribution in [0.1, 0.15) is 5.56 Å². The molecular formula is C18H12Cl2N2OS. The van der Waals surface area contributed by atoms with Crippen molar-refractivity contribution in [3.63, 3.8) is 0 Å². The summed E-state index contributed by atoms with van der Waals surface area (Å²) in [5.74, 6) is -0.269. The van der Waals surface area contributed by atoms with Gasteiger partial charge in [0.2, 0.25) is 5.91 Å². The van der Waals surface area contributed by atoms with Gasteiger partial charge in [-0.15, -0.1) is 11.3 Å². The number of carbonyl (C=O) groups is 1. The van der Waals surface area contributed by atoms with E-state index in [0.29, 0.717) is 15.2 Å². The number of nitrogens with one attached hydrogen (secondary N) is 1. The fraction of sp³-hybridized carbons (Fsp3) is 0. The Labute approximate surface area is 153 Å². The molecule has 0 atom stereocenters. The molecule has 0 saturated carbocycles. The van der Waals surface area contributed by atoms with Crippen molar-refractivity contribution < 1.29 is 4.79 Å². The number of hydrogen-bond acceptors (Lipinski definition) is 3. The van der Waals surface area contributed by atoms with Gasteiger partial charge in [0.15, 0.2) is 5.13 Å². The Bertz CT molecular complexity index is 905. The molecule has 0 aliphatic heterocycles. The molecule has 0 radical (unpaired) electrons. The predicted octanol–water partition coefficient (Wildman–Crippen LogP) is 5.77. The molecule has 0 aliphatic rings. The third-order valence-corrected chi connectivity index (χ3v) is 4.64. The minimum Gasteiger partial charge on any atom is -0.298 e. The van der Waals surface area contributed by atoms with E-state index in [1.165, 1.54) is 17.4 Å². The van der Waals surface area contributed by atoms with E-state index in [4.69, 9.17) is 23.2 Å². The van der Waals surface area contributed by atoms with Crippen LogP contribution in [0.15, 0.2) is 60.0 Å². The minimum atomic E-state index is -0.269. The number of benzene rings is 2. The van der Waals surface area contributed by atoms with Crippen LogP contribution < -0.4 is 5.32 Å². The molecule has 1 heterocycles. The van der Waals surface area contributed by atoms with Crippen molar-refractivity contribution in [2.45, 2.75) is 0 Å². The lowest BCUT2D eigenvalue weighted by atomic mass is 10.2. The summed E-state index contributed by atoms with van der Waals surface area (Å²) in [6.07, 6.45) is 3.10. The molecule has 0 aliphatic carbocycles. The highest BCUT2D eigenvalue weighted by Gasteiger charge is 2.09. The van der Waals surface area contributed by atoms with Gasteiger partial charge in [-0.1, -0.05) is 59.6 Å². The molecule has 3 nitrogen and oxygen atoms in total. The monoisotopic (exact) mass is 374 g/mol. The van der Waals surface area contributed by atoms with Gasteiger partial charge in [-0.05, 0) is 23.8 Å². The van der Waals surface area contributed by atoms with Crippen LogP contribution in [0.2, 0.25) is 10.0 Å². The maximum absolute atomic E-state index is 12.0. The quantitative estimate of drug-likeness (QED) is 0.589. The molecule has 1 aromatic heterocycles. The highest BCUT2D eigenvalue weighted by Crippen LogP contribution is 2.30. The van der Waals surface area contributed by atoms with Crippen LogP contribution >= 0.6 is 34.5 Å². The van der Waals surface area contributed by atoms with Gasteiger partial charge in [0.1, 0.15) is 0 Å². The Kier molecular flexibility index (Phi) is 5.30. The van der Waals surface area contributed by atoms with Gasteiger partial charge >= 0.3 is 0 Å². The van der Waals surface area contributed by atoms with Crippen LogP contribution in [0.25, 0.3) is 17.3 Å². The Morgan fingerprint density at radius 1 is 1.04 bits per heavy atom. The fourth-order valence-corrected chi connectivity index (χ4v) is 3.19. The van der Waals surface area contributed by atoms with Gasteiger partial charge in [-0.3, -0.25) is 10.1 Å². The van der Waals surface area contributed by atoms with Crippen molar-refractivity contribution >= 4 is 51.7 Å². The van der Waals surface area contributed by atoms with Crippen molar-refractivity contribution in [3.05, 3.63) is 75.6 Å². The first-order chi connectivity index (χ1) is 11.6. The predicted molar refractivity (Wildman–Crippen MR) is 102 cm³/mol. The molecular weight excluding hydrogens is 363 g/mol. The van der Waals surface area contributed by atoms with Crippen molar-refractivity contribution in [1.29, 1.82) is 0 Å². The smallest absolute Gasteiger partial charge is 0.250 e. The van der Waals surface area contributed by atoms with Gasteiger partial charge in [0.25, 0.3) is 0 Å². The largest absolute Gasteiger partial charge is 0.298 e. The molecule has 0 unspecified atom stereocenters. The molecule has 0 bridgehead atoms. The molecule has 1 amide bonds. The molecule has 0 fully saturated rings. The summed E-state index contributed by atoms with van der Waals surface area (Å²) in [5.41, 5.74) is 2.35. The summed E-state index contributed by atoms with van der Waals surface area (Å²) < 4.78 is 0. The number of nitrogens with zero attached hydrogens (tertiary/aromatic N) is 1. The number of carbonyl (C=O) groups excluding carboxylic acids is 1. The molecule has 0 spiro atoms. The van der Waals surface area contributed by atoms with Crippen molar-refractivity contribution in [1.82, 2.24) is 4.98 Å². The van der Waals surface area contributed by atoms with E-state index in [0.717, 1.165) is 16.8 Å². The van der Waals surface area contributed by atoms with Crippen molar-refractivity contribution in [3.8, 4) is 11.3 Å². The first-order valence-corrected chi connectivity index (χ1v) is 8.71. The number of anilines is 1. The first-order valence-electron chi connectivity index (χ1n) is 7.07. The second-order valence-corrected chi connectivity index (χ2v) is 6.53. The lowest BCUT2D eigenvalue weighted by Gasteiger charge is -2.00. The van der Waals surface area contributed by atoms with E-state index >= 15 is 0 Å². The van der Waals surface area contributed by atoms with Crippen molar-refractivity contribution in [2.75, 3.05) is 5.32 Å². The average Bonchev–Trinajstić information content (AvgIpc) is 3.03. The number of rotatable bonds is 4. The van der Waals surface area contributed by atoms with E-state index < -0.39 is 0 Å². The minimum absolute atomic E-state index is 0.269. The Morgan fingerprint density at radius 3 is 2.50 bits per heavy atom. The lowest BCUT2D eigenvalue weighted by molar-refractivity contribution is -0.111. The molecule has 2 aromatic carbocycles. The summed E-state index contributed by atoms with van der Waals surface area (Å²) in [6.45, 7) is 0. The maximum Gasteiger partial charge on any atom is 0.250 e. The fourth-order valence-electron chi connectivity index (χ4n) is 2.05. The molecule has 3 aromatic rings. The Morgan fingerprint density at radius 2 is 1.75 bits per heavy atom. The highest BCUT2D eigenvalue weighted by atomic mass is 35.5. The lowest BCUT2D eigenvalue weighted by Crippen LogP contribution is -2.07. The molecule has 6 heteroatoms. The number of thiazole rings is 1. The van der Waals surface area contributed by atoms with Gasteiger partial charge < -0.3 is 0 Å². The maximum atomic E-state index is 12.0. The van der Waals surface area contributed by atoms with Crippen LogP contribution in [-0.2, 0) is 4.79 Å². The molecule has 1 N–H and O–H groups in total. The summed E-state index contributed by atoms with van der Waals surface area (Å²) >= 11 is 13.6. The Balaban J connectivity index is 1.70. The molecule has 24 heavy (non-hydrogen) atoms. The standard InChI is InChI=1S/C18H12Cl2N2OS/c19-14-7-3-1-5-12(14)9-10-17(23)22-18-21-16(11-24-18)13-6-2-4-8-15(13)20/h1-11H,(H,21,22,23). The first kappa shape index (κ1) is 16.7. The third kappa shape index (κ3) is 4.03. The second-order valence-electron chi connectivity index (χ2n) is 4.86. The average molecular weight is 375 g/mol. The summed E-state index contributed by atoms with van der Waals surface area (Å²) in [5, 5.41) is 6.32. The number of hydrogen-bond donors (Lipinski definition) is 1. The summed E-state index contributed by atoms with van der Waals surface area (Å²) in [7, 11) is 0. The van der Waals surface area contributed by atoms with E-state index in [1.54, 1.807) is 18.2 Å². The van der Waals surface area contributed by atoms with E-state index in [2.05, 4.69) is 10.3 Å². The van der Waals surface area contributed by atoms with E-state index in [1.807, 2.05) is 41.8 Å². The topological polar surface area (TPSA) is 42.0 Å².